The molecule has 0 saturated heterocycles. The van der Waals surface area contributed by atoms with Crippen LogP contribution in [0.15, 0.2) is 30.5 Å². The maximum absolute atomic E-state index is 14.0. The van der Waals surface area contributed by atoms with Gasteiger partial charge in [-0.05, 0) is 49.9 Å². The number of nitrogen functional groups attached to an aromatic ring is 2. The molecule has 0 bridgehead atoms. The number of anilines is 3. The fourth-order valence-electron chi connectivity index (χ4n) is 11.6. The monoisotopic (exact) mass is 1330 g/mol. The number of nitrogens with two attached hydrogens (primary N) is 2. The van der Waals surface area contributed by atoms with E-state index < -0.39 is 79.5 Å². The van der Waals surface area contributed by atoms with Gasteiger partial charge in [-0.2, -0.15) is 9.97 Å². The van der Waals surface area contributed by atoms with Crippen molar-refractivity contribution in [3.05, 3.63) is 41.7 Å². The second-order valence-corrected chi connectivity index (χ2v) is 26.4. The summed E-state index contributed by atoms with van der Waals surface area (Å²) in [5.74, 6) is -4.96. The SMILES string of the molecule is CCCCCCCCCCCCCCCC(=O)OCC(COC(=O)CCCCCCCCCCCCCCC)(COC(=O)CCCCCCCCCCCCCCC)NC(=O)CNC(=O)CCC(NC(=O)c1ccc(N(C)Cc2cnc3nc(N)nc(N)c3n2)cc1)C(=O)O. The first-order valence-electron chi connectivity index (χ1n) is 37.0. The van der Waals surface area contributed by atoms with Gasteiger partial charge in [-0.3, -0.25) is 28.8 Å². The van der Waals surface area contributed by atoms with Crippen molar-refractivity contribution < 1.29 is 52.9 Å². The summed E-state index contributed by atoms with van der Waals surface area (Å²) in [6.07, 6.45) is 46.0. The Morgan fingerprint density at radius 3 is 1.26 bits per heavy atom. The first kappa shape index (κ1) is 82.6. The molecule has 95 heavy (non-hydrogen) atoms. The Hall–Kier alpha value is -6.67. The summed E-state index contributed by atoms with van der Waals surface area (Å²) in [5.41, 5.74) is 12.0. The number of carboxylic acids is 1. The molecule has 0 spiro atoms. The zero-order valence-electron chi connectivity index (χ0n) is 59.0. The highest BCUT2D eigenvalue weighted by Crippen LogP contribution is 2.22. The number of aromatic nitrogens is 4. The minimum atomic E-state index is -1.72. The summed E-state index contributed by atoms with van der Waals surface area (Å²) < 4.78 is 17.5. The number of amides is 3. The summed E-state index contributed by atoms with van der Waals surface area (Å²) in [5, 5.41) is 17.9. The average Bonchev–Trinajstić information content (AvgIpc) is 0.830. The van der Waals surface area contributed by atoms with Crippen molar-refractivity contribution in [3.63, 3.8) is 0 Å². The van der Waals surface area contributed by atoms with Crippen LogP contribution in [0.4, 0.5) is 17.5 Å². The van der Waals surface area contributed by atoms with Crippen molar-refractivity contribution in [2.45, 2.75) is 321 Å². The van der Waals surface area contributed by atoms with E-state index in [1.165, 1.54) is 166 Å². The summed E-state index contributed by atoms with van der Waals surface area (Å²) in [4.78, 5) is 112. The lowest BCUT2D eigenvalue weighted by atomic mass is 10.0. The smallest absolute Gasteiger partial charge is 0.326 e. The van der Waals surface area contributed by atoms with Gasteiger partial charge < -0.3 is 51.6 Å². The average molecular weight is 1330 g/mol. The van der Waals surface area contributed by atoms with Crippen LogP contribution in [0.3, 0.4) is 0 Å². The molecule has 0 radical (unpaired) electrons. The number of carbonyl (C=O) groups is 7. The molecule has 0 aliphatic rings. The second kappa shape index (κ2) is 52.5. The minimum absolute atomic E-state index is 0.0120. The van der Waals surface area contributed by atoms with Crippen LogP contribution in [0.5, 0.6) is 0 Å². The Bertz CT molecular complexity index is 2500. The largest absolute Gasteiger partial charge is 0.480 e. The van der Waals surface area contributed by atoms with Gasteiger partial charge in [0.05, 0.1) is 25.0 Å². The molecule has 0 aliphatic carbocycles. The van der Waals surface area contributed by atoms with Crippen LogP contribution in [-0.4, -0.2) is 112 Å². The van der Waals surface area contributed by atoms with Crippen molar-refractivity contribution in [1.82, 2.24) is 35.9 Å². The van der Waals surface area contributed by atoms with Crippen molar-refractivity contribution in [2.24, 2.45) is 0 Å². The number of hydrogen-bond donors (Lipinski definition) is 6. The van der Waals surface area contributed by atoms with Crippen molar-refractivity contribution in [3.8, 4) is 0 Å². The summed E-state index contributed by atoms with van der Waals surface area (Å²) >= 11 is 0. The Kier molecular flexibility index (Phi) is 45.6. The minimum Gasteiger partial charge on any atom is -0.480 e. The molecule has 3 aromatic rings. The third-order valence-corrected chi connectivity index (χ3v) is 17.6. The van der Waals surface area contributed by atoms with Crippen molar-refractivity contribution in [1.29, 1.82) is 0 Å². The Balaban J connectivity index is 1.64. The third-order valence-electron chi connectivity index (χ3n) is 17.6. The molecular formula is C74H124N10O11. The van der Waals surface area contributed by atoms with E-state index in [4.69, 9.17) is 25.7 Å². The van der Waals surface area contributed by atoms with Crippen molar-refractivity contribution in [2.75, 3.05) is 49.8 Å². The van der Waals surface area contributed by atoms with Crippen LogP contribution < -0.4 is 32.3 Å². The van der Waals surface area contributed by atoms with E-state index in [0.29, 0.717) is 42.7 Å². The molecule has 1 unspecified atom stereocenters. The molecule has 3 rings (SSSR count). The van der Waals surface area contributed by atoms with E-state index in [-0.39, 0.29) is 55.1 Å². The quantitative estimate of drug-likeness (QED) is 0.0174. The number of nitrogens with one attached hydrogen (secondary N) is 3. The van der Waals surface area contributed by atoms with Gasteiger partial charge in [-0.25, -0.2) is 14.8 Å². The van der Waals surface area contributed by atoms with Gasteiger partial charge in [0.1, 0.15) is 31.4 Å². The molecule has 2 aromatic heterocycles. The van der Waals surface area contributed by atoms with Gasteiger partial charge in [0, 0.05) is 44.0 Å². The molecule has 8 N–H and O–H groups in total. The summed E-state index contributed by atoms with van der Waals surface area (Å²) in [7, 11) is 1.81. The molecule has 1 atom stereocenters. The zero-order chi connectivity index (χ0) is 69.0. The Morgan fingerprint density at radius 1 is 0.505 bits per heavy atom. The van der Waals surface area contributed by atoms with Gasteiger partial charge in [0.2, 0.25) is 17.8 Å². The van der Waals surface area contributed by atoms with E-state index in [2.05, 4.69) is 56.7 Å². The number of ether oxygens (including phenoxy) is 3. The fraction of sp³-hybridized carbons (Fsp3) is 0.743. The molecule has 21 nitrogen and oxygen atoms in total. The highest BCUT2D eigenvalue weighted by molar-refractivity contribution is 5.97. The van der Waals surface area contributed by atoms with Crippen LogP contribution in [0.25, 0.3) is 11.2 Å². The standard InChI is InChI=1S/C74H124N10O11/c1-5-8-11-14-17-20-23-26-29-32-35-38-41-44-65(87)93-56-74(57-94-66(88)45-42-39-36-33-30-27-24-21-18-15-12-9-6-2,58-95-67(89)46-43-40-37-34-31-28-25-22-19-16-13-10-7-3)83-64(86)54-77-63(85)52-51-62(72(91)92)80-71(90)59-47-49-61(50-48-59)84(4)55-60-53-78-70-68(79-60)69(75)81-73(76)82-70/h47-50,53,62H,5-46,51-52,54-58H2,1-4H3,(H,77,85)(H,80,90)(H,83,86)(H,91,92)(H4,75,76,78,81,82). The molecule has 0 fully saturated rings. The predicted molar refractivity (Wildman–Crippen MR) is 378 cm³/mol. The van der Waals surface area contributed by atoms with E-state index in [1.54, 1.807) is 18.3 Å². The number of fused-ring (bicyclic) bond motifs is 1. The maximum Gasteiger partial charge on any atom is 0.326 e. The summed E-state index contributed by atoms with van der Waals surface area (Å²) in [6, 6.07) is 4.98. The number of esters is 3. The van der Waals surface area contributed by atoms with Crippen LogP contribution in [0, 0.1) is 0 Å². The molecule has 21 heteroatoms. The number of unbranched alkanes of at least 4 members (excludes halogenated alkanes) is 36. The molecule has 1 aromatic carbocycles. The number of carboxylic acid groups (broad SMARTS) is 1. The first-order valence-corrected chi connectivity index (χ1v) is 37.0. The summed E-state index contributed by atoms with van der Waals surface area (Å²) in [6.45, 7) is 4.96. The van der Waals surface area contributed by atoms with E-state index >= 15 is 0 Å². The number of rotatable bonds is 60. The number of hydrogen-bond acceptors (Lipinski definition) is 17. The fourth-order valence-corrected chi connectivity index (χ4v) is 11.6. The lowest BCUT2D eigenvalue weighted by Crippen LogP contribution is -2.60. The topological polar surface area (TPSA) is 310 Å². The molecule has 536 valence electrons. The number of carbonyl (C=O) groups excluding carboxylic acids is 6. The normalized spacial score (nSPS) is 11.7. The zero-order valence-corrected chi connectivity index (χ0v) is 59.0. The number of benzene rings is 1. The Morgan fingerprint density at radius 2 is 0.884 bits per heavy atom. The highest BCUT2D eigenvalue weighted by Gasteiger charge is 2.38. The first-order chi connectivity index (χ1) is 46.1. The van der Waals surface area contributed by atoms with E-state index in [9.17, 15) is 38.7 Å². The predicted octanol–water partition coefficient (Wildman–Crippen LogP) is 15.2. The van der Waals surface area contributed by atoms with E-state index in [1.807, 2.05) is 11.9 Å². The molecule has 0 saturated carbocycles. The van der Waals surface area contributed by atoms with Gasteiger partial charge in [0.15, 0.2) is 17.0 Å². The Labute approximate surface area is 569 Å². The molecule has 0 aliphatic heterocycles. The number of aliphatic carboxylic acids is 1. The lowest BCUT2D eigenvalue weighted by molar-refractivity contribution is -0.159. The second-order valence-electron chi connectivity index (χ2n) is 26.4. The lowest BCUT2D eigenvalue weighted by Gasteiger charge is -2.33. The third kappa shape index (κ3) is 39.8. The van der Waals surface area contributed by atoms with E-state index in [0.717, 1.165) is 77.0 Å². The van der Waals surface area contributed by atoms with Crippen LogP contribution in [0.2, 0.25) is 0 Å². The van der Waals surface area contributed by atoms with Gasteiger partial charge in [0.25, 0.3) is 5.91 Å². The molecule has 2 heterocycles. The van der Waals surface area contributed by atoms with Crippen LogP contribution >= 0.6 is 0 Å². The van der Waals surface area contributed by atoms with Crippen molar-refractivity contribution >= 4 is 70.2 Å². The van der Waals surface area contributed by atoms with Gasteiger partial charge >= 0.3 is 23.9 Å². The van der Waals surface area contributed by atoms with Crippen LogP contribution in [0.1, 0.15) is 319 Å². The maximum atomic E-state index is 14.0. The molecular weight excluding hydrogens is 1200 g/mol. The highest BCUT2D eigenvalue weighted by atomic mass is 16.6. The van der Waals surface area contributed by atoms with Gasteiger partial charge in [-0.15, -0.1) is 0 Å². The van der Waals surface area contributed by atoms with Gasteiger partial charge in [-0.1, -0.05) is 252 Å². The molecule has 3 amide bonds. The number of nitrogens with zero attached hydrogens (tertiary/aromatic N) is 5. The van der Waals surface area contributed by atoms with Crippen LogP contribution in [-0.2, 0) is 49.5 Å².